The number of nitrogens with zero attached hydrogens (tertiary/aromatic N) is 6. The van der Waals surface area contributed by atoms with Gasteiger partial charge in [0.2, 0.25) is 0 Å². The van der Waals surface area contributed by atoms with E-state index < -0.39 is 0 Å². The molecule has 0 radical (unpaired) electrons. The van der Waals surface area contributed by atoms with Gasteiger partial charge in [0.25, 0.3) is 0 Å². The van der Waals surface area contributed by atoms with Crippen molar-refractivity contribution in [2.24, 2.45) is 0 Å². The van der Waals surface area contributed by atoms with Crippen LogP contribution in [0, 0.1) is 20.8 Å². The van der Waals surface area contributed by atoms with Crippen LogP contribution in [0.4, 0.5) is 0 Å². The fraction of sp³-hybridized carbons (Fsp3) is 0.280. The molecule has 31 heavy (non-hydrogen) atoms. The van der Waals surface area contributed by atoms with E-state index in [0.717, 1.165) is 64.4 Å². The van der Waals surface area contributed by atoms with Gasteiger partial charge >= 0.3 is 0 Å². The Morgan fingerprint density at radius 1 is 0.710 bits per heavy atom. The average molecular weight is 411 g/mol. The van der Waals surface area contributed by atoms with Gasteiger partial charge < -0.3 is 0 Å². The van der Waals surface area contributed by atoms with Crippen molar-refractivity contribution in [2.45, 2.75) is 47.0 Å². The van der Waals surface area contributed by atoms with Crippen molar-refractivity contribution in [1.82, 2.24) is 29.9 Å². The monoisotopic (exact) mass is 410 g/mol. The zero-order valence-electron chi connectivity index (χ0n) is 18.4. The molecule has 0 atom stereocenters. The van der Waals surface area contributed by atoms with E-state index in [0.29, 0.717) is 11.6 Å². The summed E-state index contributed by atoms with van der Waals surface area (Å²) >= 11 is 0. The zero-order valence-corrected chi connectivity index (χ0v) is 18.4. The van der Waals surface area contributed by atoms with E-state index in [1.807, 2.05) is 63.4 Å². The molecule has 6 heteroatoms. The molecule has 0 unspecified atom stereocenters. The summed E-state index contributed by atoms with van der Waals surface area (Å²) in [5, 5.41) is 0. The second-order valence-corrected chi connectivity index (χ2v) is 7.64. The maximum Gasteiger partial charge on any atom is 0.179 e. The van der Waals surface area contributed by atoms with Crippen molar-refractivity contribution in [3.63, 3.8) is 0 Å². The largest absolute Gasteiger partial charge is 0.236 e. The Morgan fingerprint density at radius 2 is 1.48 bits per heavy atom. The predicted molar refractivity (Wildman–Crippen MR) is 122 cm³/mol. The summed E-state index contributed by atoms with van der Waals surface area (Å²) in [7, 11) is 0. The van der Waals surface area contributed by atoms with Crippen LogP contribution in [0.15, 0.2) is 48.9 Å². The molecule has 4 aromatic rings. The number of aryl methyl sites for hydroxylation is 2. The van der Waals surface area contributed by atoms with Crippen LogP contribution >= 0.6 is 0 Å². The van der Waals surface area contributed by atoms with Crippen LogP contribution in [-0.4, -0.2) is 29.9 Å². The molecule has 0 amide bonds. The molecule has 6 nitrogen and oxygen atoms in total. The van der Waals surface area contributed by atoms with Crippen molar-refractivity contribution in [1.29, 1.82) is 0 Å². The Morgan fingerprint density at radius 3 is 2.26 bits per heavy atom. The molecule has 0 bridgehead atoms. The molecule has 156 valence electrons. The third kappa shape index (κ3) is 4.33. The lowest BCUT2D eigenvalue weighted by molar-refractivity contribution is 0.774. The van der Waals surface area contributed by atoms with Gasteiger partial charge in [0.15, 0.2) is 11.6 Å². The van der Waals surface area contributed by atoms with Gasteiger partial charge in [-0.25, -0.2) is 29.9 Å². The quantitative estimate of drug-likeness (QED) is 0.428. The SMILES string of the molecule is CCCCc1ccnc(-c2nc(-c3ncnc(-c4ccccc4)c3C)nc(C)c2C)n1. The van der Waals surface area contributed by atoms with Gasteiger partial charge in [-0.15, -0.1) is 0 Å². The van der Waals surface area contributed by atoms with Crippen LogP contribution < -0.4 is 0 Å². The smallest absolute Gasteiger partial charge is 0.179 e. The molecule has 0 N–H and O–H groups in total. The summed E-state index contributed by atoms with van der Waals surface area (Å²) in [6.07, 6.45) is 6.56. The highest BCUT2D eigenvalue weighted by Gasteiger charge is 2.18. The predicted octanol–water partition coefficient (Wildman–Crippen LogP) is 5.33. The lowest BCUT2D eigenvalue weighted by Crippen LogP contribution is -2.05. The van der Waals surface area contributed by atoms with Crippen LogP contribution in [0.2, 0.25) is 0 Å². The van der Waals surface area contributed by atoms with Crippen molar-refractivity contribution in [3.05, 3.63) is 71.4 Å². The third-order valence-electron chi connectivity index (χ3n) is 5.44. The number of hydrogen-bond acceptors (Lipinski definition) is 6. The topological polar surface area (TPSA) is 77.3 Å². The Hall–Kier alpha value is -3.54. The Balaban J connectivity index is 1.81. The van der Waals surface area contributed by atoms with Crippen molar-refractivity contribution in [3.8, 4) is 34.3 Å². The summed E-state index contributed by atoms with van der Waals surface area (Å²) < 4.78 is 0. The molecule has 3 heterocycles. The van der Waals surface area contributed by atoms with Crippen molar-refractivity contribution >= 4 is 0 Å². The number of unbranched alkanes of at least 4 members (excludes halogenated alkanes) is 1. The number of rotatable bonds is 6. The second-order valence-electron chi connectivity index (χ2n) is 7.64. The lowest BCUT2D eigenvalue weighted by Gasteiger charge is -2.12. The first-order chi connectivity index (χ1) is 15.1. The number of hydrogen-bond donors (Lipinski definition) is 0. The molecule has 0 aliphatic rings. The van der Waals surface area contributed by atoms with Gasteiger partial charge in [0.05, 0.1) is 5.69 Å². The van der Waals surface area contributed by atoms with E-state index in [9.17, 15) is 0 Å². The van der Waals surface area contributed by atoms with E-state index >= 15 is 0 Å². The molecular formula is C25H26N6. The van der Waals surface area contributed by atoms with E-state index in [1.165, 1.54) is 0 Å². The lowest BCUT2D eigenvalue weighted by atomic mass is 10.0. The summed E-state index contributed by atoms with van der Waals surface area (Å²) in [4.78, 5) is 27.9. The van der Waals surface area contributed by atoms with E-state index in [1.54, 1.807) is 6.33 Å². The number of aromatic nitrogens is 6. The molecule has 1 aromatic carbocycles. The van der Waals surface area contributed by atoms with Gasteiger partial charge in [-0.2, -0.15) is 0 Å². The highest BCUT2D eigenvalue weighted by Crippen LogP contribution is 2.29. The Labute approximate surface area is 182 Å². The number of benzene rings is 1. The van der Waals surface area contributed by atoms with Gasteiger partial charge in [0, 0.05) is 28.7 Å². The third-order valence-corrected chi connectivity index (χ3v) is 5.44. The van der Waals surface area contributed by atoms with Gasteiger partial charge in [0.1, 0.15) is 17.7 Å². The minimum absolute atomic E-state index is 0.567. The summed E-state index contributed by atoms with van der Waals surface area (Å²) in [5.41, 5.74) is 7.24. The molecule has 0 aliphatic heterocycles. The molecule has 0 saturated carbocycles. The van der Waals surface area contributed by atoms with Crippen molar-refractivity contribution < 1.29 is 0 Å². The first-order valence-corrected chi connectivity index (χ1v) is 10.6. The fourth-order valence-corrected chi connectivity index (χ4v) is 3.52. The summed E-state index contributed by atoms with van der Waals surface area (Å²) in [6, 6.07) is 12.1. The van der Waals surface area contributed by atoms with Crippen LogP contribution in [0.3, 0.4) is 0 Å². The average Bonchev–Trinajstić information content (AvgIpc) is 2.80. The molecule has 0 spiro atoms. The maximum atomic E-state index is 4.86. The van der Waals surface area contributed by atoms with Crippen molar-refractivity contribution in [2.75, 3.05) is 0 Å². The Bertz CT molecular complexity index is 1200. The van der Waals surface area contributed by atoms with Gasteiger partial charge in [-0.05, 0) is 45.2 Å². The minimum Gasteiger partial charge on any atom is -0.236 e. The standard InChI is InChI=1S/C25H26N6/c1-5-6-12-20-13-14-26-24(30-20)23-16(2)18(4)29-25(31-23)22-17(3)21(27-15-28-22)19-10-8-7-9-11-19/h7-11,13-15H,5-6,12H2,1-4H3. The highest BCUT2D eigenvalue weighted by atomic mass is 15.0. The summed E-state index contributed by atoms with van der Waals surface area (Å²) in [5.74, 6) is 1.20. The normalized spacial score (nSPS) is 11.0. The first-order valence-electron chi connectivity index (χ1n) is 10.6. The minimum atomic E-state index is 0.567. The molecular weight excluding hydrogens is 384 g/mol. The van der Waals surface area contributed by atoms with Crippen LogP contribution in [0.1, 0.15) is 42.3 Å². The van der Waals surface area contributed by atoms with Gasteiger partial charge in [-0.3, -0.25) is 0 Å². The van der Waals surface area contributed by atoms with E-state index in [4.69, 9.17) is 15.0 Å². The molecule has 0 aliphatic carbocycles. The van der Waals surface area contributed by atoms with Crippen LogP contribution in [-0.2, 0) is 6.42 Å². The molecule has 3 aromatic heterocycles. The summed E-state index contributed by atoms with van der Waals surface area (Å²) in [6.45, 7) is 8.19. The fourth-order valence-electron chi connectivity index (χ4n) is 3.52. The molecule has 0 saturated heterocycles. The van der Waals surface area contributed by atoms with Gasteiger partial charge in [-0.1, -0.05) is 43.7 Å². The maximum absolute atomic E-state index is 4.86. The van der Waals surface area contributed by atoms with E-state index in [-0.39, 0.29) is 0 Å². The molecule has 0 fully saturated rings. The first kappa shape index (κ1) is 20.7. The zero-order chi connectivity index (χ0) is 21.8. The van der Waals surface area contributed by atoms with Crippen LogP contribution in [0.5, 0.6) is 0 Å². The highest BCUT2D eigenvalue weighted by molar-refractivity contribution is 5.71. The molecule has 4 rings (SSSR count). The van der Waals surface area contributed by atoms with E-state index in [2.05, 4.69) is 21.9 Å². The van der Waals surface area contributed by atoms with Crippen LogP contribution in [0.25, 0.3) is 34.3 Å². The Kier molecular flexibility index (Phi) is 6.07. The second kappa shape index (κ2) is 9.08.